The molecule has 0 saturated carbocycles. The molecule has 0 radical (unpaired) electrons. The first-order chi connectivity index (χ1) is 17.6. The van der Waals surface area contributed by atoms with Crippen molar-refractivity contribution < 1.29 is 9.21 Å². The number of carbonyl (C=O) groups is 1. The molecule has 1 amide bonds. The number of amides is 1. The van der Waals surface area contributed by atoms with Crippen LogP contribution < -0.4 is 5.32 Å². The molecule has 36 heavy (non-hydrogen) atoms. The Balaban J connectivity index is 1.36. The second-order valence-electron chi connectivity index (χ2n) is 8.56. The van der Waals surface area contributed by atoms with E-state index >= 15 is 0 Å². The molecule has 0 aliphatic heterocycles. The van der Waals surface area contributed by atoms with Crippen molar-refractivity contribution in [3.8, 4) is 21.7 Å². The van der Waals surface area contributed by atoms with Crippen molar-refractivity contribution in [1.29, 1.82) is 0 Å². The lowest BCUT2D eigenvalue weighted by Gasteiger charge is -2.08. The Morgan fingerprint density at radius 2 is 1.83 bits per heavy atom. The first kappa shape index (κ1) is 22.6. The van der Waals surface area contributed by atoms with E-state index in [9.17, 15) is 4.79 Å². The van der Waals surface area contributed by atoms with Crippen LogP contribution in [0, 0.1) is 0 Å². The van der Waals surface area contributed by atoms with Crippen molar-refractivity contribution in [2.75, 3.05) is 0 Å². The lowest BCUT2D eigenvalue weighted by atomic mass is 10.1. The van der Waals surface area contributed by atoms with E-state index in [1.165, 1.54) is 15.0 Å². The largest absolute Gasteiger partial charge is 0.467 e. The highest BCUT2D eigenvalue weighted by Gasteiger charge is 2.17. The number of hydrogen-bond donors (Lipinski definition) is 1. The van der Waals surface area contributed by atoms with Gasteiger partial charge in [-0.05, 0) is 60.3 Å². The van der Waals surface area contributed by atoms with Gasteiger partial charge in [0.15, 0.2) is 0 Å². The highest BCUT2D eigenvalue weighted by Crippen LogP contribution is 2.35. The molecular weight excluding hydrogens is 490 g/mol. The van der Waals surface area contributed by atoms with E-state index in [1.807, 2.05) is 42.5 Å². The summed E-state index contributed by atoms with van der Waals surface area (Å²) in [7, 11) is 0. The van der Waals surface area contributed by atoms with E-state index in [0.717, 1.165) is 33.9 Å². The summed E-state index contributed by atoms with van der Waals surface area (Å²) in [6.07, 6.45) is 4.61. The number of hydrogen-bond acceptors (Lipinski definition) is 4. The molecule has 7 heteroatoms. The summed E-state index contributed by atoms with van der Waals surface area (Å²) in [5.41, 5.74) is 4.78. The van der Waals surface area contributed by atoms with Crippen LogP contribution in [0.25, 0.3) is 37.4 Å². The fourth-order valence-electron chi connectivity index (χ4n) is 4.36. The molecular formula is C29H22ClN3O2S. The van der Waals surface area contributed by atoms with Crippen molar-refractivity contribution in [3.63, 3.8) is 0 Å². The fourth-order valence-corrected chi connectivity index (χ4v) is 5.54. The zero-order valence-electron chi connectivity index (χ0n) is 19.3. The van der Waals surface area contributed by atoms with Crippen LogP contribution in [0.5, 0.6) is 0 Å². The summed E-state index contributed by atoms with van der Waals surface area (Å²) < 4.78 is 8.69. The second-order valence-corrected chi connectivity index (χ2v) is 10.1. The van der Waals surface area contributed by atoms with E-state index in [1.54, 1.807) is 17.6 Å². The number of pyridine rings is 1. The van der Waals surface area contributed by atoms with Gasteiger partial charge in [-0.25, -0.2) is 4.98 Å². The number of nitrogens with one attached hydrogen (secondary N) is 1. The maximum Gasteiger partial charge on any atom is 0.220 e. The number of carbonyl (C=O) groups excluding carboxylic acids is 1. The van der Waals surface area contributed by atoms with Crippen molar-refractivity contribution in [2.45, 2.75) is 19.4 Å². The standard InChI is InChI=1S/C29H22ClN3O2S/c30-22-10-7-19(8-11-22)29-24(12-14-28(34)31-17-23-5-3-15-35-23)33-18-21(9-13-27(33)32-29)26-16-20-4-1-2-6-25(20)36-26/h1-11,13,15-16,18H,12,14,17H2,(H,31,34). The van der Waals surface area contributed by atoms with Gasteiger partial charge in [-0.1, -0.05) is 41.9 Å². The van der Waals surface area contributed by atoms with Crippen LogP contribution in [0.3, 0.4) is 0 Å². The second kappa shape index (κ2) is 9.64. The molecule has 0 aliphatic carbocycles. The van der Waals surface area contributed by atoms with E-state index in [0.29, 0.717) is 24.4 Å². The minimum atomic E-state index is -0.0379. The van der Waals surface area contributed by atoms with Crippen LogP contribution in [0.15, 0.2) is 95.7 Å². The molecule has 4 heterocycles. The predicted octanol–water partition coefficient (Wildman–Crippen LogP) is 7.38. The number of aryl methyl sites for hydroxylation is 1. The number of rotatable bonds is 7. The average molecular weight is 512 g/mol. The Hall–Kier alpha value is -3.87. The highest BCUT2D eigenvalue weighted by atomic mass is 35.5. The molecule has 0 aliphatic rings. The number of imidazole rings is 1. The van der Waals surface area contributed by atoms with Gasteiger partial charge in [0.2, 0.25) is 5.91 Å². The van der Waals surface area contributed by atoms with Gasteiger partial charge in [0.1, 0.15) is 11.4 Å². The maximum atomic E-state index is 12.7. The van der Waals surface area contributed by atoms with Crippen molar-refractivity contribution in [1.82, 2.24) is 14.7 Å². The molecule has 0 spiro atoms. The normalized spacial score (nSPS) is 11.4. The third-order valence-electron chi connectivity index (χ3n) is 6.17. The van der Waals surface area contributed by atoms with Gasteiger partial charge in [0.05, 0.1) is 24.2 Å². The summed E-state index contributed by atoms with van der Waals surface area (Å²) in [5, 5.41) is 4.85. The lowest BCUT2D eigenvalue weighted by molar-refractivity contribution is -0.121. The topological polar surface area (TPSA) is 59.5 Å². The molecule has 5 nitrogen and oxygen atoms in total. The molecule has 4 aromatic heterocycles. The molecule has 1 N–H and O–H groups in total. The first-order valence-corrected chi connectivity index (χ1v) is 12.9. The van der Waals surface area contributed by atoms with Gasteiger partial charge in [-0.2, -0.15) is 0 Å². The first-order valence-electron chi connectivity index (χ1n) is 11.7. The van der Waals surface area contributed by atoms with Crippen LogP contribution in [0.4, 0.5) is 0 Å². The fraction of sp³-hybridized carbons (Fsp3) is 0.103. The quantitative estimate of drug-likeness (QED) is 0.243. The van der Waals surface area contributed by atoms with Gasteiger partial charge in [-0.3, -0.25) is 4.79 Å². The molecule has 0 fully saturated rings. The lowest BCUT2D eigenvalue weighted by Crippen LogP contribution is -2.23. The summed E-state index contributed by atoms with van der Waals surface area (Å²) in [5.74, 6) is 0.692. The van der Waals surface area contributed by atoms with Gasteiger partial charge in [0.25, 0.3) is 0 Å². The Bertz CT molecular complexity index is 1630. The number of furan rings is 1. The number of fused-ring (bicyclic) bond motifs is 2. The Morgan fingerprint density at radius 1 is 1.00 bits per heavy atom. The number of benzene rings is 2. The molecule has 0 bridgehead atoms. The molecule has 0 atom stereocenters. The molecule has 6 rings (SSSR count). The van der Waals surface area contributed by atoms with Gasteiger partial charge in [0, 0.05) is 38.3 Å². The number of aromatic nitrogens is 2. The number of thiophene rings is 1. The van der Waals surface area contributed by atoms with Gasteiger partial charge in [-0.15, -0.1) is 11.3 Å². The van der Waals surface area contributed by atoms with Crippen LogP contribution in [0.1, 0.15) is 17.9 Å². The smallest absolute Gasteiger partial charge is 0.220 e. The third kappa shape index (κ3) is 4.53. The summed E-state index contributed by atoms with van der Waals surface area (Å²) in [6.45, 7) is 0.374. The molecule has 0 unspecified atom stereocenters. The molecule has 0 saturated heterocycles. The van der Waals surface area contributed by atoms with E-state index in [-0.39, 0.29) is 5.91 Å². The minimum absolute atomic E-state index is 0.0379. The molecule has 6 aromatic rings. The van der Waals surface area contributed by atoms with Crippen molar-refractivity contribution in [3.05, 3.63) is 108 Å². The molecule has 2 aromatic carbocycles. The maximum absolute atomic E-state index is 12.7. The van der Waals surface area contributed by atoms with Crippen molar-refractivity contribution in [2.24, 2.45) is 0 Å². The zero-order valence-corrected chi connectivity index (χ0v) is 20.9. The van der Waals surface area contributed by atoms with E-state index < -0.39 is 0 Å². The SMILES string of the molecule is O=C(CCc1c(-c2ccc(Cl)cc2)nc2ccc(-c3cc4ccccc4s3)cn12)NCc1ccco1. The molecule has 178 valence electrons. The monoisotopic (exact) mass is 511 g/mol. The third-order valence-corrected chi connectivity index (χ3v) is 7.59. The summed E-state index contributed by atoms with van der Waals surface area (Å²) in [6, 6.07) is 26.1. The van der Waals surface area contributed by atoms with Gasteiger partial charge < -0.3 is 14.1 Å². The van der Waals surface area contributed by atoms with E-state index in [2.05, 4.69) is 52.3 Å². The van der Waals surface area contributed by atoms with Gasteiger partial charge >= 0.3 is 0 Å². The summed E-state index contributed by atoms with van der Waals surface area (Å²) >= 11 is 7.91. The Morgan fingerprint density at radius 3 is 2.64 bits per heavy atom. The minimum Gasteiger partial charge on any atom is -0.467 e. The zero-order chi connectivity index (χ0) is 24.5. The van der Waals surface area contributed by atoms with Crippen LogP contribution in [-0.4, -0.2) is 15.3 Å². The summed E-state index contributed by atoms with van der Waals surface area (Å²) in [4.78, 5) is 18.8. The Labute approximate surface area is 217 Å². The van der Waals surface area contributed by atoms with Crippen molar-refractivity contribution >= 4 is 44.6 Å². The number of nitrogens with zero attached hydrogens (tertiary/aromatic N) is 2. The van der Waals surface area contributed by atoms with Crippen LogP contribution in [-0.2, 0) is 17.8 Å². The van der Waals surface area contributed by atoms with Crippen LogP contribution >= 0.6 is 22.9 Å². The highest BCUT2D eigenvalue weighted by molar-refractivity contribution is 7.22. The average Bonchev–Trinajstić information content (AvgIpc) is 3.65. The van der Waals surface area contributed by atoms with E-state index in [4.69, 9.17) is 21.0 Å². The Kier molecular flexibility index (Phi) is 6.05. The predicted molar refractivity (Wildman–Crippen MR) is 145 cm³/mol. The number of halogens is 1. The van der Waals surface area contributed by atoms with Crippen LogP contribution in [0.2, 0.25) is 5.02 Å².